The van der Waals surface area contributed by atoms with Crippen LogP contribution in [0.4, 0.5) is 5.69 Å². The van der Waals surface area contributed by atoms with Gasteiger partial charge in [0.15, 0.2) is 11.5 Å². The third kappa shape index (κ3) is 3.93. The number of hydrogen-bond acceptors (Lipinski definition) is 3. The van der Waals surface area contributed by atoms with Gasteiger partial charge in [-0.3, -0.25) is 4.79 Å². The lowest BCUT2D eigenvalue weighted by Gasteiger charge is -2.33. The van der Waals surface area contributed by atoms with E-state index in [2.05, 4.69) is 67.6 Å². The Morgan fingerprint density at radius 1 is 0.939 bits per heavy atom. The van der Waals surface area contributed by atoms with Gasteiger partial charge >= 0.3 is 0 Å². The lowest BCUT2D eigenvalue weighted by Crippen LogP contribution is -2.33. The van der Waals surface area contributed by atoms with Crippen LogP contribution in [-0.2, 0) is 11.4 Å². The second-order valence-corrected chi connectivity index (χ2v) is 8.61. The number of rotatable bonds is 5. The Hall–Kier alpha value is -3.79. The number of anilines is 1. The van der Waals surface area contributed by atoms with Crippen molar-refractivity contribution in [1.82, 2.24) is 0 Å². The molecule has 166 valence electrons. The van der Waals surface area contributed by atoms with E-state index in [1.54, 1.807) is 12.0 Å². The number of fused-ring (bicyclic) bond motifs is 3. The van der Waals surface area contributed by atoms with Crippen molar-refractivity contribution in [1.29, 1.82) is 0 Å². The van der Waals surface area contributed by atoms with Crippen LogP contribution in [0.15, 0.2) is 78.9 Å². The zero-order valence-corrected chi connectivity index (χ0v) is 19.2. The number of nitrogens with zero attached hydrogens (tertiary/aromatic N) is 1. The predicted molar refractivity (Wildman–Crippen MR) is 132 cm³/mol. The van der Waals surface area contributed by atoms with E-state index in [1.807, 2.05) is 25.2 Å². The van der Waals surface area contributed by atoms with Crippen LogP contribution in [0.3, 0.4) is 0 Å². The van der Waals surface area contributed by atoms with Crippen molar-refractivity contribution in [3.8, 4) is 11.5 Å². The normalized spacial score (nSPS) is 15.4. The summed E-state index contributed by atoms with van der Waals surface area (Å²) in [6, 6.07) is 26.8. The van der Waals surface area contributed by atoms with Crippen molar-refractivity contribution in [2.75, 3.05) is 19.1 Å². The fraction of sp³-hybridized carbons (Fsp3) is 0.207. The molecule has 0 N–H and O–H groups in total. The van der Waals surface area contributed by atoms with Gasteiger partial charge in [-0.1, -0.05) is 66.2 Å². The topological polar surface area (TPSA) is 38.8 Å². The Bertz CT molecular complexity index is 1330. The van der Waals surface area contributed by atoms with Crippen LogP contribution in [0.2, 0.25) is 0 Å². The molecule has 4 aromatic carbocycles. The number of carbonyl (C=O) groups is 1. The molecule has 1 aliphatic heterocycles. The third-order valence-electron chi connectivity index (χ3n) is 6.52. The van der Waals surface area contributed by atoms with Crippen LogP contribution < -0.4 is 14.4 Å². The molecule has 33 heavy (non-hydrogen) atoms. The summed E-state index contributed by atoms with van der Waals surface area (Å²) >= 11 is 0. The van der Waals surface area contributed by atoms with Crippen LogP contribution >= 0.6 is 0 Å². The third-order valence-corrected chi connectivity index (χ3v) is 6.52. The largest absolute Gasteiger partial charge is 0.493 e. The van der Waals surface area contributed by atoms with Crippen molar-refractivity contribution in [2.45, 2.75) is 25.9 Å². The maximum atomic E-state index is 12.9. The van der Waals surface area contributed by atoms with Gasteiger partial charge in [-0.2, -0.15) is 0 Å². The molecule has 4 aromatic rings. The molecular formula is C29H27NO3. The minimum Gasteiger partial charge on any atom is -0.493 e. The lowest BCUT2D eigenvalue weighted by molar-refractivity contribution is -0.118. The molecule has 0 saturated heterocycles. The molecule has 1 aliphatic rings. The molecule has 0 saturated carbocycles. The Kier molecular flexibility index (Phi) is 5.51. The average molecular weight is 438 g/mol. The Morgan fingerprint density at radius 2 is 1.73 bits per heavy atom. The van der Waals surface area contributed by atoms with Gasteiger partial charge in [0, 0.05) is 25.1 Å². The average Bonchev–Trinajstić information content (AvgIpc) is 2.85. The summed E-state index contributed by atoms with van der Waals surface area (Å²) < 4.78 is 11.8. The van der Waals surface area contributed by atoms with E-state index in [0.717, 1.165) is 16.8 Å². The van der Waals surface area contributed by atoms with Crippen molar-refractivity contribution < 1.29 is 14.3 Å². The molecule has 1 unspecified atom stereocenters. The highest BCUT2D eigenvalue weighted by atomic mass is 16.5. The van der Waals surface area contributed by atoms with E-state index in [1.165, 1.54) is 21.9 Å². The van der Waals surface area contributed by atoms with Gasteiger partial charge in [0.25, 0.3) is 0 Å². The molecule has 1 atom stereocenters. The second kappa shape index (κ2) is 8.62. The van der Waals surface area contributed by atoms with E-state index in [9.17, 15) is 4.79 Å². The Balaban J connectivity index is 1.52. The molecule has 0 bridgehead atoms. The fourth-order valence-corrected chi connectivity index (χ4v) is 4.64. The molecule has 0 fully saturated rings. The van der Waals surface area contributed by atoms with E-state index < -0.39 is 0 Å². The van der Waals surface area contributed by atoms with Gasteiger partial charge in [0.2, 0.25) is 5.91 Å². The predicted octanol–water partition coefficient (Wildman–Crippen LogP) is 6.23. The molecule has 0 aromatic heterocycles. The smallest absolute Gasteiger partial charge is 0.227 e. The molecule has 1 heterocycles. The summed E-state index contributed by atoms with van der Waals surface area (Å²) in [4.78, 5) is 14.6. The van der Waals surface area contributed by atoms with Crippen LogP contribution in [0.5, 0.6) is 11.5 Å². The molecule has 4 heteroatoms. The fourth-order valence-electron chi connectivity index (χ4n) is 4.64. The van der Waals surface area contributed by atoms with Gasteiger partial charge in [-0.15, -0.1) is 0 Å². The van der Waals surface area contributed by atoms with Gasteiger partial charge in [-0.25, -0.2) is 0 Å². The van der Waals surface area contributed by atoms with E-state index in [4.69, 9.17) is 9.47 Å². The van der Waals surface area contributed by atoms with Crippen molar-refractivity contribution in [2.24, 2.45) is 0 Å². The first-order valence-corrected chi connectivity index (χ1v) is 11.2. The van der Waals surface area contributed by atoms with Crippen LogP contribution in [0, 0.1) is 6.92 Å². The maximum Gasteiger partial charge on any atom is 0.227 e. The summed E-state index contributed by atoms with van der Waals surface area (Å²) in [7, 11) is 3.51. The summed E-state index contributed by atoms with van der Waals surface area (Å²) in [6.07, 6.45) is 0.421. The molecule has 5 rings (SSSR count). The second-order valence-electron chi connectivity index (χ2n) is 8.61. The summed E-state index contributed by atoms with van der Waals surface area (Å²) in [5.74, 6) is 1.43. The van der Waals surface area contributed by atoms with Crippen LogP contribution in [-0.4, -0.2) is 20.1 Å². The van der Waals surface area contributed by atoms with E-state index >= 15 is 0 Å². The minimum absolute atomic E-state index is 0.0464. The molecule has 0 aliphatic carbocycles. The number of methoxy groups -OCH3 is 1. The molecule has 1 amide bonds. The van der Waals surface area contributed by atoms with Crippen molar-refractivity contribution >= 4 is 22.4 Å². The minimum atomic E-state index is -0.0464. The van der Waals surface area contributed by atoms with Crippen LogP contribution in [0.1, 0.15) is 34.6 Å². The van der Waals surface area contributed by atoms with Gasteiger partial charge in [0.05, 0.1) is 7.11 Å². The first-order chi connectivity index (χ1) is 16.0. The quantitative estimate of drug-likeness (QED) is 0.371. The zero-order valence-electron chi connectivity index (χ0n) is 19.2. The van der Waals surface area contributed by atoms with E-state index in [-0.39, 0.29) is 11.8 Å². The first kappa shape index (κ1) is 21.1. The van der Waals surface area contributed by atoms with Gasteiger partial charge < -0.3 is 14.4 Å². The first-order valence-electron chi connectivity index (χ1n) is 11.2. The standard InChI is InChI=1S/C29H27NO3/c1-19-8-10-20(11-9-19)18-33-26-15-13-22(16-27(26)32-3)24-17-28(31)30(2)25-14-12-21-6-4-5-7-23(21)29(24)25/h4-16,24H,17-18H2,1-3H3. The number of amides is 1. The lowest BCUT2D eigenvalue weighted by atomic mass is 9.81. The van der Waals surface area contributed by atoms with Crippen molar-refractivity contribution in [3.63, 3.8) is 0 Å². The Labute approximate surface area is 194 Å². The highest BCUT2D eigenvalue weighted by Crippen LogP contribution is 2.45. The molecule has 0 radical (unpaired) electrons. The maximum absolute atomic E-state index is 12.9. The number of ether oxygens (including phenoxy) is 2. The molecule has 0 spiro atoms. The van der Waals surface area contributed by atoms with Crippen molar-refractivity contribution in [3.05, 3.63) is 101 Å². The summed E-state index contributed by atoms with van der Waals surface area (Å²) in [5, 5.41) is 2.35. The number of aryl methyl sites for hydroxylation is 1. The Morgan fingerprint density at radius 3 is 2.52 bits per heavy atom. The number of benzene rings is 4. The summed E-state index contributed by atoms with van der Waals surface area (Å²) in [5.41, 5.74) is 5.53. The molecular weight excluding hydrogens is 410 g/mol. The zero-order chi connectivity index (χ0) is 22.9. The number of hydrogen-bond donors (Lipinski definition) is 0. The SMILES string of the molecule is COc1cc(C2CC(=O)N(C)c3ccc4ccccc4c32)ccc1OCc1ccc(C)cc1. The van der Waals surface area contributed by atoms with Crippen LogP contribution in [0.25, 0.3) is 10.8 Å². The van der Waals surface area contributed by atoms with E-state index in [0.29, 0.717) is 24.5 Å². The molecule has 4 nitrogen and oxygen atoms in total. The monoisotopic (exact) mass is 437 g/mol. The number of carbonyl (C=O) groups excluding carboxylic acids is 1. The highest BCUT2D eigenvalue weighted by Gasteiger charge is 2.32. The highest BCUT2D eigenvalue weighted by molar-refractivity contribution is 6.02. The van der Waals surface area contributed by atoms with Gasteiger partial charge in [0.1, 0.15) is 6.61 Å². The summed E-state index contributed by atoms with van der Waals surface area (Å²) in [6.45, 7) is 2.54. The van der Waals surface area contributed by atoms with Gasteiger partial charge in [-0.05, 0) is 52.6 Å².